The number of carbonyl (C=O) groups is 2. The van der Waals surface area contributed by atoms with E-state index in [-0.39, 0.29) is 17.9 Å². The number of nitrogens with zero attached hydrogens (tertiary/aromatic N) is 1. The number of likely N-dealkylation sites (tertiary alicyclic amines) is 1. The maximum atomic E-state index is 12.3. The molecule has 0 unspecified atom stereocenters. The smallest absolute Gasteiger partial charge is 0.305 e. The van der Waals surface area contributed by atoms with Crippen LogP contribution in [0.4, 0.5) is 0 Å². The summed E-state index contributed by atoms with van der Waals surface area (Å²) in [5, 5.41) is 0. The molecule has 5 heteroatoms. The summed E-state index contributed by atoms with van der Waals surface area (Å²) in [5.41, 5.74) is 0. The fourth-order valence-corrected chi connectivity index (χ4v) is 3.65. The molecule has 0 aromatic carbocycles. The first-order valence-corrected chi connectivity index (χ1v) is 7.86. The molecule has 0 spiro atoms. The number of esters is 1. The topological polar surface area (TPSA) is 46.6 Å². The van der Waals surface area contributed by atoms with Crippen LogP contribution in [-0.2, 0) is 14.3 Å². The quantitative estimate of drug-likeness (QED) is 0.784. The molecular weight excluding hydrogens is 274 g/mol. The first-order chi connectivity index (χ1) is 9.61. The number of rotatable bonds is 5. The summed E-state index contributed by atoms with van der Waals surface area (Å²) in [5.74, 6) is -0.0906. The van der Waals surface area contributed by atoms with E-state index in [9.17, 15) is 9.59 Å². The molecule has 2 rings (SSSR count). The van der Waals surface area contributed by atoms with Crippen LogP contribution in [0.2, 0.25) is 0 Å². The van der Waals surface area contributed by atoms with Crippen molar-refractivity contribution in [2.75, 3.05) is 13.7 Å². The average Bonchev–Trinajstić information content (AvgIpc) is 3.06. The number of methoxy groups -OCH3 is 1. The Kier molecular flexibility index (Phi) is 5.17. The van der Waals surface area contributed by atoms with Crippen LogP contribution in [0.25, 0.3) is 0 Å². The first kappa shape index (κ1) is 15.0. The normalized spacial score (nSPS) is 18.3. The molecule has 0 N–H and O–H groups in total. The Bertz CT molecular complexity index is 483. The van der Waals surface area contributed by atoms with Gasteiger partial charge in [-0.3, -0.25) is 9.59 Å². The monoisotopic (exact) mass is 295 g/mol. The molecule has 1 saturated heterocycles. The zero-order chi connectivity index (χ0) is 14.5. The van der Waals surface area contributed by atoms with Gasteiger partial charge >= 0.3 is 5.97 Å². The molecule has 1 aliphatic rings. The Morgan fingerprint density at radius 2 is 2.20 bits per heavy atom. The van der Waals surface area contributed by atoms with Crippen LogP contribution in [0.3, 0.4) is 0 Å². The molecule has 1 aliphatic heterocycles. The minimum atomic E-state index is -0.246. The van der Waals surface area contributed by atoms with Crippen molar-refractivity contribution in [1.82, 2.24) is 4.90 Å². The van der Waals surface area contributed by atoms with Gasteiger partial charge < -0.3 is 9.64 Å². The van der Waals surface area contributed by atoms with Crippen LogP contribution in [0.5, 0.6) is 0 Å². The minimum Gasteiger partial charge on any atom is -0.469 e. The number of ether oxygens (including phenoxy) is 1. The van der Waals surface area contributed by atoms with E-state index in [1.54, 1.807) is 11.3 Å². The molecule has 20 heavy (non-hydrogen) atoms. The second kappa shape index (κ2) is 6.88. The van der Waals surface area contributed by atoms with E-state index < -0.39 is 0 Å². The van der Waals surface area contributed by atoms with Crippen LogP contribution in [0.1, 0.15) is 47.9 Å². The van der Waals surface area contributed by atoms with Gasteiger partial charge in [-0.2, -0.15) is 0 Å². The van der Waals surface area contributed by atoms with Crippen molar-refractivity contribution < 1.29 is 14.3 Å². The van der Waals surface area contributed by atoms with Gasteiger partial charge in [-0.25, -0.2) is 0 Å². The number of aryl methyl sites for hydroxylation is 1. The van der Waals surface area contributed by atoms with Crippen LogP contribution in [0.15, 0.2) is 12.1 Å². The molecular formula is C15H21NO3S. The standard InChI is InChI=1S/C15H21NO3S/c1-11-8-9-13(20-11)12-5-4-10-16(12)14(17)6-3-7-15(18)19-2/h8-9,12H,3-7,10H2,1-2H3/t12-/m0/s1. The van der Waals surface area contributed by atoms with Crippen molar-refractivity contribution in [3.05, 3.63) is 21.9 Å². The maximum Gasteiger partial charge on any atom is 0.305 e. The number of thiophene rings is 1. The zero-order valence-corrected chi connectivity index (χ0v) is 12.9. The van der Waals surface area contributed by atoms with Gasteiger partial charge in [0.05, 0.1) is 13.2 Å². The van der Waals surface area contributed by atoms with Crippen molar-refractivity contribution in [2.45, 2.75) is 45.1 Å². The molecule has 4 nitrogen and oxygen atoms in total. The predicted molar refractivity (Wildman–Crippen MR) is 78.6 cm³/mol. The third kappa shape index (κ3) is 3.60. The molecule has 2 heterocycles. The third-order valence-corrected chi connectivity index (χ3v) is 4.76. The van der Waals surface area contributed by atoms with Crippen molar-refractivity contribution >= 4 is 23.2 Å². The lowest BCUT2D eigenvalue weighted by Gasteiger charge is -2.24. The highest BCUT2D eigenvalue weighted by atomic mass is 32.1. The minimum absolute atomic E-state index is 0.155. The first-order valence-electron chi connectivity index (χ1n) is 7.04. The van der Waals surface area contributed by atoms with Gasteiger partial charge in [-0.05, 0) is 38.3 Å². The molecule has 1 fully saturated rings. The fraction of sp³-hybridized carbons (Fsp3) is 0.600. The predicted octanol–water partition coefficient (Wildman–Crippen LogP) is 3.06. The second-order valence-electron chi connectivity index (χ2n) is 5.12. The molecule has 1 atom stereocenters. The maximum absolute atomic E-state index is 12.3. The van der Waals surface area contributed by atoms with Gasteiger partial charge in [0.15, 0.2) is 0 Å². The SMILES string of the molecule is COC(=O)CCCC(=O)N1CCC[C@H]1c1ccc(C)s1. The number of hydrogen-bond donors (Lipinski definition) is 0. The van der Waals surface area contributed by atoms with Gasteiger partial charge in [-0.15, -0.1) is 11.3 Å². The van der Waals surface area contributed by atoms with E-state index in [0.29, 0.717) is 19.3 Å². The highest BCUT2D eigenvalue weighted by Crippen LogP contribution is 2.36. The molecule has 1 aromatic rings. The number of carbonyl (C=O) groups excluding carboxylic acids is 2. The summed E-state index contributed by atoms with van der Waals surface area (Å²) in [6.45, 7) is 2.92. The van der Waals surface area contributed by atoms with E-state index in [1.807, 2.05) is 4.90 Å². The highest BCUT2D eigenvalue weighted by molar-refractivity contribution is 7.12. The summed E-state index contributed by atoms with van der Waals surface area (Å²) in [6.07, 6.45) is 3.42. The largest absolute Gasteiger partial charge is 0.469 e. The summed E-state index contributed by atoms with van der Waals surface area (Å²) in [7, 11) is 1.37. The highest BCUT2D eigenvalue weighted by Gasteiger charge is 2.30. The summed E-state index contributed by atoms with van der Waals surface area (Å²) < 4.78 is 4.59. The molecule has 1 amide bonds. The van der Waals surface area contributed by atoms with Gasteiger partial charge in [0, 0.05) is 29.1 Å². The second-order valence-corrected chi connectivity index (χ2v) is 6.44. The lowest BCUT2D eigenvalue weighted by atomic mass is 10.1. The average molecular weight is 295 g/mol. The summed E-state index contributed by atoms with van der Waals surface area (Å²) >= 11 is 1.77. The molecule has 0 bridgehead atoms. The van der Waals surface area contributed by atoms with E-state index in [2.05, 4.69) is 23.8 Å². The van der Waals surface area contributed by atoms with E-state index in [0.717, 1.165) is 19.4 Å². The van der Waals surface area contributed by atoms with E-state index >= 15 is 0 Å². The summed E-state index contributed by atoms with van der Waals surface area (Å²) in [4.78, 5) is 27.9. The van der Waals surface area contributed by atoms with Crippen LogP contribution in [0, 0.1) is 6.92 Å². The Morgan fingerprint density at radius 3 is 2.85 bits per heavy atom. The molecule has 0 saturated carbocycles. The van der Waals surface area contributed by atoms with Crippen molar-refractivity contribution in [3.8, 4) is 0 Å². The number of amides is 1. The van der Waals surface area contributed by atoms with Crippen LogP contribution < -0.4 is 0 Å². The van der Waals surface area contributed by atoms with Crippen molar-refractivity contribution in [3.63, 3.8) is 0 Å². The Hall–Kier alpha value is -1.36. The van der Waals surface area contributed by atoms with Crippen LogP contribution in [-0.4, -0.2) is 30.4 Å². The lowest BCUT2D eigenvalue weighted by molar-refractivity contribution is -0.140. The Balaban J connectivity index is 1.90. The third-order valence-electron chi connectivity index (χ3n) is 3.66. The fourth-order valence-electron chi connectivity index (χ4n) is 2.62. The Labute approximate surface area is 123 Å². The molecule has 0 radical (unpaired) electrons. The molecule has 110 valence electrons. The molecule has 0 aliphatic carbocycles. The van der Waals surface area contributed by atoms with Crippen molar-refractivity contribution in [2.24, 2.45) is 0 Å². The van der Waals surface area contributed by atoms with E-state index in [1.165, 1.54) is 16.9 Å². The zero-order valence-electron chi connectivity index (χ0n) is 12.1. The van der Waals surface area contributed by atoms with E-state index in [4.69, 9.17) is 0 Å². The van der Waals surface area contributed by atoms with Crippen molar-refractivity contribution in [1.29, 1.82) is 0 Å². The van der Waals surface area contributed by atoms with Gasteiger partial charge in [0.2, 0.25) is 5.91 Å². The number of hydrogen-bond acceptors (Lipinski definition) is 4. The lowest BCUT2D eigenvalue weighted by Crippen LogP contribution is -2.30. The van der Waals surface area contributed by atoms with Crippen LogP contribution >= 0.6 is 11.3 Å². The Morgan fingerprint density at radius 1 is 1.40 bits per heavy atom. The molecule has 1 aromatic heterocycles. The van der Waals surface area contributed by atoms with Gasteiger partial charge in [0.1, 0.15) is 0 Å². The summed E-state index contributed by atoms with van der Waals surface area (Å²) in [6, 6.07) is 4.47. The van der Waals surface area contributed by atoms with Gasteiger partial charge in [-0.1, -0.05) is 0 Å². The van der Waals surface area contributed by atoms with Gasteiger partial charge in [0.25, 0.3) is 0 Å².